The number of rotatable bonds is 3. The van der Waals surface area contributed by atoms with E-state index in [1.54, 1.807) is 30.5 Å². The number of hydrogen-bond acceptors (Lipinski definition) is 4. The second kappa shape index (κ2) is 5.98. The van der Waals surface area contributed by atoms with Gasteiger partial charge in [-0.1, -0.05) is 23.7 Å². The van der Waals surface area contributed by atoms with Gasteiger partial charge in [0.15, 0.2) is 5.71 Å². The molecule has 0 bridgehead atoms. The van der Waals surface area contributed by atoms with E-state index in [4.69, 9.17) is 16.9 Å². The van der Waals surface area contributed by atoms with Gasteiger partial charge in [-0.25, -0.2) is 0 Å². The third kappa shape index (κ3) is 3.30. The Bertz CT molecular complexity index is 644. The maximum atomic E-state index is 9.07. The van der Waals surface area contributed by atoms with Crippen molar-refractivity contribution in [1.29, 1.82) is 5.26 Å². The van der Waals surface area contributed by atoms with Crippen LogP contribution in [0.3, 0.4) is 0 Å². The van der Waals surface area contributed by atoms with Crippen LogP contribution in [0.1, 0.15) is 11.3 Å². The fourth-order valence-electron chi connectivity index (χ4n) is 1.43. The van der Waals surface area contributed by atoms with Gasteiger partial charge in [-0.05, 0) is 36.8 Å². The summed E-state index contributed by atoms with van der Waals surface area (Å²) < 4.78 is 0. The van der Waals surface area contributed by atoms with Crippen LogP contribution in [0.4, 0.5) is 5.69 Å². The molecule has 1 heterocycles. The largest absolute Gasteiger partial charge is 0.277 e. The van der Waals surface area contributed by atoms with Crippen LogP contribution in [-0.2, 0) is 0 Å². The summed E-state index contributed by atoms with van der Waals surface area (Å²) in [6, 6.07) is 12.8. The molecule has 0 fully saturated rings. The van der Waals surface area contributed by atoms with Gasteiger partial charge in [0.1, 0.15) is 11.8 Å². The van der Waals surface area contributed by atoms with Crippen LogP contribution in [-0.4, -0.2) is 10.7 Å². The molecule has 5 heteroatoms. The van der Waals surface area contributed by atoms with Crippen molar-refractivity contribution < 1.29 is 0 Å². The smallest absolute Gasteiger partial charge is 0.186 e. The van der Waals surface area contributed by atoms with Gasteiger partial charge >= 0.3 is 0 Å². The number of halogens is 1. The number of nitrogens with zero attached hydrogens (tertiary/aromatic N) is 3. The molecule has 0 aliphatic carbocycles. The van der Waals surface area contributed by atoms with E-state index in [-0.39, 0.29) is 5.71 Å². The Morgan fingerprint density at radius 2 is 2.21 bits per heavy atom. The van der Waals surface area contributed by atoms with Crippen molar-refractivity contribution in [3.05, 3.63) is 58.9 Å². The molecule has 0 atom stereocenters. The number of nitriles is 1. The molecular weight excluding hydrogens is 260 g/mol. The molecule has 0 aliphatic heterocycles. The monoisotopic (exact) mass is 270 g/mol. The minimum absolute atomic E-state index is 0.220. The number of anilines is 1. The number of benzene rings is 1. The molecule has 94 valence electrons. The third-order valence-electron chi connectivity index (χ3n) is 2.48. The van der Waals surface area contributed by atoms with E-state index < -0.39 is 0 Å². The fourth-order valence-corrected chi connectivity index (χ4v) is 1.61. The maximum absolute atomic E-state index is 9.07. The normalized spacial score (nSPS) is 10.9. The summed E-state index contributed by atoms with van der Waals surface area (Å²) in [4.78, 5) is 4.07. The molecule has 2 aromatic rings. The Labute approximate surface area is 116 Å². The molecule has 0 unspecified atom stereocenters. The van der Waals surface area contributed by atoms with Gasteiger partial charge < -0.3 is 0 Å². The summed E-state index contributed by atoms with van der Waals surface area (Å²) in [5, 5.41) is 13.8. The van der Waals surface area contributed by atoms with Crippen molar-refractivity contribution in [1.82, 2.24) is 4.98 Å². The van der Waals surface area contributed by atoms with Gasteiger partial charge in [0.25, 0.3) is 0 Å². The van der Waals surface area contributed by atoms with Crippen LogP contribution in [0, 0.1) is 18.3 Å². The van der Waals surface area contributed by atoms with Crippen molar-refractivity contribution in [3.8, 4) is 6.07 Å². The lowest BCUT2D eigenvalue weighted by molar-refractivity contribution is 1.26. The molecule has 1 N–H and O–H groups in total. The Balaban J connectivity index is 2.21. The fraction of sp³-hybridized carbons (Fsp3) is 0.0714. The summed E-state index contributed by atoms with van der Waals surface area (Å²) >= 11 is 6.01. The van der Waals surface area contributed by atoms with E-state index in [2.05, 4.69) is 15.5 Å². The van der Waals surface area contributed by atoms with E-state index in [0.717, 1.165) is 11.3 Å². The first-order valence-corrected chi connectivity index (χ1v) is 6.00. The molecule has 0 radical (unpaired) electrons. The van der Waals surface area contributed by atoms with Gasteiger partial charge in [-0.2, -0.15) is 10.4 Å². The molecule has 0 saturated carbocycles. The van der Waals surface area contributed by atoms with E-state index in [0.29, 0.717) is 10.7 Å². The van der Waals surface area contributed by atoms with Crippen LogP contribution in [0.2, 0.25) is 5.02 Å². The Kier molecular flexibility index (Phi) is 4.11. The van der Waals surface area contributed by atoms with E-state index in [1.165, 1.54) is 0 Å². The average molecular weight is 271 g/mol. The van der Waals surface area contributed by atoms with Crippen LogP contribution in [0.15, 0.2) is 47.7 Å². The molecule has 2 rings (SSSR count). The number of aromatic nitrogens is 1. The minimum atomic E-state index is 0.220. The summed E-state index contributed by atoms with van der Waals surface area (Å²) in [5.41, 5.74) is 5.26. The van der Waals surface area contributed by atoms with Gasteiger partial charge in [0.05, 0.1) is 5.69 Å². The Hall–Kier alpha value is -2.38. The molecule has 1 aromatic carbocycles. The number of hydrogen-bond donors (Lipinski definition) is 1. The van der Waals surface area contributed by atoms with E-state index in [1.807, 2.05) is 25.1 Å². The molecule has 0 spiro atoms. The van der Waals surface area contributed by atoms with Crippen LogP contribution >= 0.6 is 11.6 Å². The lowest BCUT2D eigenvalue weighted by atomic mass is 10.2. The van der Waals surface area contributed by atoms with Gasteiger partial charge in [-0.15, -0.1) is 0 Å². The average Bonchev–Trinajstić information content (AvgIpc) is 2.44. The molecule has 0 amide bonds. The SMILES string of the molecule is Cc1ccc(NN=C(C#N)c2ccccn2)cc1Cl. The van der Waals surface area contributed by atoms with E-state index >= 15 is 0 Å². The van der Waals surface area contributed by atoms with Crippen molar-refractivity contribution in [3.63, 3.8) is 0 Å². The second-order valence-corrected chi connectivity index (χ2v) is 4.27. The highest BCUT2D eigenvalue weighted by Crippen LogP contribution is 2.19. The van der Waals surface area contributed by atoms with Crippen LogP contribution < -0.4 is 5.43 Å². The topological polar surface area (TPSA) is 61.1 Å². The number of hydrazone groups is 1. The van der Waals surface area contributed by atoms with Crippen molar-refractivity contribution >= 4 is 23.0 Å². The first kappa shape index (κ1) is 13.1. The summed E-state index contributed by atoms with van der Waals surface area (Å²) in [5.74, 6) is 0. The number of nitrogens with one attached hydrogen (secondary N) is 1. The lowest BCUT2D eigenvalue weighted by Gasteiger charge is -2.03. The predicted molar refractivity (Wildman–Crippen MR) is 76.2 cm³/mol. The van der Waals surface area contributed by atoms with Crippen LogP contribution in [0.5, 0.6) is 0 Å². The number of pyridine rings is 1. The van der Waals surface area contributed by atoms with Gasteiger partial charge in [-0.3, -0.25) is 10.4 Å². The highest BCUT2D eigenvalue weighted by molar-refractivity contribution is 6.31. The summed E-state index contributed by atoms with van der Waals surface area (Å²) in [6.07, 6.45) is 1.62. The molecule has 0 aliphatic rings. The van der Waals surface area contributed by atoms with Crippen LogP contribution in [0.25, 0.3) is 0 Å². The maximum Gasteiger partial charge on any atom is 0.186 e. The minimum Gasteiger partial charge on any atom is -0.277 e. The zero-order valence-electron chi connectivity index (χ0n) is 10.3. The standard InChI is InChI=1S/C14H11ClN4/c1-10-5-6-11(8-12(10)15)18-19-14(9-16)13-4-2-3-7-17-13/h2-8,18H,1H3. The summed E-state index contributed by atoms with van der Waals surface area (Å²) in [7, 11) is 0. The van der Waals surface area contributed by atoms with Crippen molar-refractivity contribution in [2.45, 2.75) is 6.92 Å². The highest BCUT2D eigenvalue weighted by atomic mass is 35.5. The molecular formula is C14H11ClN4. The molecule has 19 heavy (non-hydrogen) atoms. The highest BCUT2D eigenvalue weighted by Gasteiger charge is 2.03. The third-order valence-corrected chi connectivity index (χ3v) is 2.89. The lowest BCUT2D eigenvalue weighted by Crippen LogP contribution is -2.03. The second-order valence-electron chi connectivity index (χ2n) is 3.86. The van der Waals surface area contributed by atoms with Crippen molar-refractivity contribution in [2.75, 3.05) is 5.43 Å². The van der Waals surface area contributed by atoms with Gasteiger partial charge in [0, 0.05) is 11.2 Å². The quantitative estimate of drug-likeness (QED) is 0.687. The molecule has 1 aromatic heterocycles. The molecule has 0 saturated heterocycles. The molecule has 4 nitrogen and oxygen atoms in total. The zero-order valence-corrected chi connectivity index (χ0v) is 11.0. The Morgan fingerprint density at radius 1 is 1.37 bits per heavy atom. The zero-order chi connectivity index (χ0) is 13.7. The Morgan fingerprint density at radius 3 is 2.84 bits per heavy atom. The predicted octanol–water partition coefficient (Wildman–Crippen LogP) is 3.38. The number of aryl methyl sites for hydroxylation is 1. The van der Waals surface area contributed by atoms with E-state index in [9.17, 15) is 0 Å². The first-order chi connectivity index (χ1) is 9.20. The van der Waals surface area contributed by atoms with Crippen molar-refractivity contribution in [2.24, 2.45) is 5.10 Å². The summed E-state index contributed by atoms with van der Waals surface area (Å²) in [6.45, 7) is 1.92. The van der Waals surface area contributed by atoms with Gasteiger partial charge in [0.2, 0.25) is 0 Å². The first-order valence-electron chi connectivity index (χ1n) is 5.62.